The van der Waals surface area contributed by atoms with Crippen LogP contribution in [0.3, 0.4) is 0 Å². The zero-order chi connectivity index (χ0) is 7.19. The van der Waals surface area contributed by atoms with Gasteiger partial charge in [-0.3, -0.25) is 4.79 Å². The molecule has 2 bridgehead atoms. The highest BCUT2D eigenvalue weighted by Gasteiger charge is 2.40. The highest BCUT2D eigenvalue weighted by atomic mass is 16.1. The van der Waals surface area contributed by atoms with Crippen LogP contribution in [0.25, 0.3) is 0 Å². The summed E-state index contributed by atoms with van der Waals surface area (Å²) in [5.74, 6) is 1.15. The van der Waals surface area contributed by atoms with Crippen LogP contribution in [0.2, 0.25) is 0 Å². The van der Waals surface area contributed by atoms with E-state index in [9.17, 15) is 4.79 Å². The van der Waals surface area contributed by atoms with Crippen molar-refractivity contribution in [2.24, 2.45) is 11.3 Å². The molecule has 0 radical (unpaired) electrons. The highest BCUT2D eigenvalue weighted by Crippen LogP contribution is 2.43. The van der Waals surface area contributed by atoms with Crippen molar-refractivity contribution in [1.29, 1.82) is 0 Å². The van der Waals surface area contributed by atoms with E-state index in [1.165, 1.54) is 0 Å². The molecule has 0 heterocycles. The van der Waals surface area contributed by atoms with Crippen LogP contribution in [0.5, 0.6) is 0 Å². The lowest BCUT2D eigenvalue weighted by atomic mass is 9.76. The SMILES string of the molecule is C[C@@]12C=C[C@@H](CCC1=O)C2. The minimum atomic E-state index is -0.0666. The van der Waals surface area contributed by atoms with E-state index in [0.717, 1.165) is 19.3 Å². The fraction of sp³-hybridized carbons (Fsp3) is 0.667. The summed E-state index contributed by atoms with van der Waals surface area (Å²) in [6.07, 6.45) is 7.28. The number of ketones is 1. The molecule has 0 spiro atoms. The average Bonchev–Trinajstić information content (AvgIpc) is 2.22. The van der Waals surface area contributed by atoms with Crippen LogP contribution in [0.1, 0.15) is 26.2 Å². The van der Waals surface area contributed by atoms with Gasteiger partial charge in [-0.05, 0) is 25.7 Å². The summed E-state index contributed by atoms with van der Waals surface area (Å²) in [7, 11) is 0. The van der Waals surface area contributed by atoms with E-state index in [0.29, 0.717) is 11.7 Å². The lowest BCUT2D eigenvalue weighted by molar-refractivity contribution is -0.127. The number of carbonyl (C=O) groups is 1. The van der Waals surface area contributed by atoms with Gasteiger partial charge >= 0.3 is 0 Å². The first-order chi connectivity index (χ1) is 4.71. The summed E-state index contributed by atoms with van der Waals surface area (Å²) < 4.78 is 0. The quantitative estimate of drug-likeness (QED) is 0.465. The summed E-state index contributed by atoms with van der Waals surface area (Å²) in [5.41, 5.74) is -0.0666. The second kappa shape index (κ2) is 1.71. The first-order valence-corrected chi connectivity index (χ1v) is 3.93. The van der Waals surface area contributed by atoms with Gasteiger partial charge in [0.2, 0.25) is 0 Å². The second-order valence-electron chi connectivity index (χ2n) is 3.70. The fourth-order valence-electron chi connectivity index (χ4n) is 2.04. The Morgan fingerprint density at radius 2 is 2.50 bits per heavy atom. The van der Waals surface area contributed by atoms with Crippen molar-refractivity contribution in [3.63, 3.8) is 0 Å². The second-order valence-corrected chi connectivity index (χ2v) is 3.70. The highest BCUT2D eigenvalue weighted by molar-refractivity contribution is 5.87. The van der Waals surface area contributed by atoms with Crippen LogP contribution in [-0.4, -0.2) is 5.78 Å². The van der Waals surface area contributed by atoms with Crippen LogP contribution in [0.4, 0.5) is 0 Å². The molecule has 0 saturated heterocycles. The average molecular weight is 136 g/mol. The first kappa shape index (κ1) is 6.14. The molecule has 1 fully saturated rings. The molecule has 0 aromatic carbocycles. The molecule has 2 atom stereocenters. The molecule has 1 nitrogen and oxygen atoms in total. The number of allylic oxidation sites excluding steroid dienone is 2. The Kier molecular flexibility index (Phi) is 1.05. The monoisotopic (exact) mass is 136 g/mol. The number of fused-ring (bicyclic) bond motifs is 2. The van der Waals surface area contributed by atoms with Crippen LogP contribution in [0, 0.1) is 11.3 Å². The maximum Gasteiger partial charge on any atom is 0.142 e. The zero-order valence-electron chi connectivity index (χ0n) is 6.26. The molecule has 10 heavy (non-hydrogen) atoms. The van der Waals surface area contributed by atoms with Crippen LogP contribution in [-0.2, 0) is 4.79 Å². The van der Waals surface area contributed by atoms with Crippen molar-refractivity contribution in [3.8, 4) is 0 Å². The number of hydrogen-bond donors (Lipinski definition) is 0. The molecule has 2 aliphatic rings. The molecule has 0 amide bonds. The van der Waals surface area contributed by atoms with E-state index >= 15 is 0 Å². The van der Waals surface area contributed by atoms with Gasteiger partial charge in [0.1, 0.15) is 5.78 Å². The molecule has 54 valence electrons. The van der Waals surface area contributed by atoms with Gasteiger partial charge in [-0.1, -0.05) is 12.2 Å². The molecule has 2 rings (SSSR count). The van der Waals surface area contributed by atoms with Crippen molar-refractivity contribution in [3.05, 3.63) is 12.2 Å². The van der Waals surface area contributed by atoms with Crippen LogP contribution in [0.15, 0.2) is 12.2 Å². The standard InChI is InChI=1S/C9H12O/c1-9-5-4-7(6-9)2-3-8(9)10/h4-5,7H,2-3,6H2,1H3/t7-,9+/m1/s1. The van der Waals surface area contributed by atoms with E-state index in [1.54, 1.807) is 0 Å². The third kappa shape index (κ3) is 0.664. The molecule has 0 aliphatic heterocycles. The van der Waals surface area contributed by atoms with Crippen LogP contribution >= 0.6 is 0 Å². The molecule has 0 N–H and O–H groups in total. The molecule has 1 heteroatoms. The van der Waals surface area contributed by atoms with Gasteiger partial charge in [0.05, 0.1) is 0 Å². The number of hydrogen-bond acceptors (Lipinski definition) is 1. The maximum atomic E-state index is 11.3. The molecule has 1 saturated carbocycles. The minimum absolute atomic E-state index is 0.0666. The molecule has 0 unspecified atom stereocenters. The Balaban J connectivity index is 2.34. The first-order valence-electron chi connectivity index (χ1n) is 3.93. The summed E-state index contributed by atoms with van der Waals surface area (Å²) in [6.45, 7) is 2.06. The van der Waals surface area contributed by atoms with Crippen molar-refractivity contribution in [1.82, 2.24) is 0 Å². The van der Waals surface area contributed by atoms with E-state index in [1.807, 2.05) is 0 Å². The molecule has 2 aliphatic carbocycles. The van der Waals surface area contributed by atoms with Crippen LogP contribution < -0.4 is 0 Å². The van der Waals surface area contributed by atoms with Crippen molar-refractivity contribution < 1.29 is 4.79 Å². The summed E-state index contributed by atoms with van der Waals surface area (Å²) in [4.78, 5) is 11.3. The van der Waals surface area contributed by atoms with E-state index in [-0.39, 0.29) is 5.41 Å². The summed E-state index contributed by atoms with van der Waals surface area (Å²) >= 11 is 0. The molecule has 0 aromatic heterocycles. The van der Waals surface area contributed by atoms with Gasteiger partial charge in [0.15, 0.2) is 0 Å². The third-order valence-corrected chi connectivity index (χ3v) is 2.80. The van der Waals surface area contributed by atoms with E-state index < -0.39 is 0 Å². The number of carbonyl (C=O) groups excluding carboxylic acids is 1. The lowest BCUT2D eigenvalue weighted by Crippen LogP contribution is -2.28. The molecular weight excluding hydrogens is 124 g/mol. The lowest BCUT2D eigenvalue weighted by Gasteiger charge is -2.26. The Morgan fingerprint density at radius 3 is 3.20 bits per heavy atom. The summed E-state index contributed by atoms with van der Waals surface area (Å²) in [5, 5.41) is 0. The predicted octanol–water partition coefficient (Wildman–Crippen LogP) is 1.93. The van der Waals surface area contributed by atoms with E-state index in [2.05, 4.69) is 19.1 Å². The topological polar surface area (TPSA) is 17.1 Å². The third-order valence-electron chi connectivity index (χ3n) is 2.80. The van der Waals surface area contributed by atoms with Gasteiger partial charge in [-0.25, -0.2) is 0 Å². The number of rotatable bonds is 0. The molecular formula is C9H12O. The van der Waals surface area contributed by atoms with Gasteiger partial charge < -0.3 is 0 Å². The summed E-state index contributed by atoms with van der Waals surface area (Å²) in [6, 6.07) is 0. The Labute approximate surface area is 61.1 Å². The van der Waals surface area contributed by atoms with Gasteiger partial charge in [0, 0.05) is 11.8 Å². The Bertz CT molecular complexity index is 205. The van der Waals surface area contributed by atoms with Gasteiger partial charge in [-0.15, -0.1) is 0 Å². The van der Waals surface area contributed by atoms with E-state index in [4.69, 9.17) is 0 Å². The van der Waals surface area contributed by atoms with Gasteiger partial charge in [0.25, 0.3) is 0 Å². The maximum absolute atomic E-state index is 11.3. The van der Waals surface area contributed by atoms with Gasteiger partial charge in [-0.2, -0.15) is 0 Å². The van der Waals surface area contributed by atoms with Crippen molar-refractivity contribution >= 4 is 5.78 Å². The zero-order valence-corrected chi connectivity index (χ0v) is 6.26. The smallest absolute Gasteiger partial charge is 0.142 e. The van der Waals surface area contributed by atoms with Crippen molar-refractivity contribution in [2.75, 3.05) is 0 Å². The normalized spacial score (nSPS) is 44.5. The largest absolute Gasteiger partial charge is 0.299 e. The number of Topliss-reactive ketones (excluding diaryl/α,β-unsaturated/α-hetero) is 1. The Hall–Kier alpha value is -0.590. The predicted molar refractivity (Wildman–Crippen MR) is 39.6 cm³/mol. The minimum Gasteiger partial charge on any atom is -0.299 e. The fourth-order valence-corrected chi connectivity index (χ4v) is 2.04. The Morgan fingerprint density at radius 1 is 1.70 bits per heavy atom. The molecule has 0 aromatic rings. The van der Waals surface area contributed by atoms with Crippen molar-refractivity contribution in [2.45, 2.75) is 26.2 Å².